The first-order valence-electron chi connectivity index (χ1n) is 5.91. The first kappa shape index (κ1) is 9.97. The molecule has 16 heavy (non-hydrogen) atoms. The molecular weight excluding hydrogens is 202 g/mol. The molecule has 0 aliphatic carbocycles. The molecule has 1 aromatic rings. The molecule has 3 nitrogen and oxygen atoms in total. The van der Waals surface area contributed by atoms with E-state index in [-0.39, 0.29) is 0 Å². The second kappa shape index (κ2) is 3.98. The summed E-state index contributed by atoms with van der Waals surface area (Å²) < 4.78 is 10.8. The second-order valence-electron chi connectivity index (χ2n) is 4.71. The van der Waals surface area contributed by atoms with E-state index in [9.17, 15) is 0 Å². The van der Waals surface area contributed by atoms with Gasteiger partial charge in [-0.2, -0.15) is 0 Å². The lowest BCUT2D eigenvalue weighted by Crippen LogP contribution is -2.30. The van der Waals surface area contributed by atoms with Gasteiger partial charge in [-0.05, 0) is 50.0 Å². The van der Waals surface area contributed by atoms with Crippen molar-refractivity contribution in [3.05, 3.63) is 23.8 Å². The quantitative estimate of drug-likeness (QED) is 0.723. The van der Waals surface area contributed by atoms with Crippen molar-refractivity contribution >= 4 is 0 Å². The number of rotatable bonds is 1. The molecule has 0 saturated carbocycles. The van der Waals surface area contributed by atoms with Crippen LogP contribution in [0.4, 0.5) is 0 Å². The molecule has 0 radical (unpaired) electrons. The highest BCUT2D eigenvalue weighted by Crippen LogP contribution is 2.36. The highest BCUT2D eigenvalue weighted by Gasteiger charge is 2.21. The van der Waals surface area contributed by atoms with E-state index in [1.807, 2.05) is 6.07 Å². The van der Waals surface area contributed by atoms with E-state index in [2.05, 4.69) is 24.1 Å². The molecule has 0 aromatic heterocycles. The number of likely N-dealkylation sites (tertiary alicyclic amines) is 1. The van der Waals surface area contributed by atoms with E-state index >= 15 is 0 Å². The molecule has 0 N–H and O–H groups in total. The fourth-order valence-corrected chi connectivity index (χ4v) is 2.61. The predicted molar refractivity (Wildman–Crippen MR) is 62.0 cm³/mol. The molecule has 3 heteroatoms. The molecule has 2 heterocycles. The Morgan fingerprint density at radius 1 is 1.25 bits per heavy atom. The van der Waals surface area contributed by atoms with Crippen molar-refractivity contribution in [1.29, 1.82) is 0 Å². The number of piperidine rings is 1. The summed E-state index contributed by atoms with van der Waals surface area (Å²) in [6.45, 7) is 2.74. The van der Waals surface area contributed by atoms with Gasteiger partial charge >= 0.3 is 0 Å². The molecule has 0 spiro atoms. The Balaban J connectivity index is 1.83. The van der Waals surface area contributed by atoms with Gasteiger partial charge in [0.25, 0.3) is 0 Å². The molecule has 1 saturated heterocycles. The van der Waals surface area contributed by atoms with Gasteiger partial charge in [-0.25, -0.2) is 0 Å². The van der Waals surface area contributed by atoms with E-state index in [4.69, 9.17) is 9.47 Å². The SMILES string of the molecule is CN1CCCC(c2ccc3c(c2)OCO3)C1. The maximum atomic E-state index is 5.42. The van der Waals surface area contributed by atoms with E-state index < -0.39 is 0 Å². The summed E-state index contributed by atoms with van der Waals surface area (Å²) in [5.41, 5.74) is 1.39. The van der Waals surface area contributed by atoms with E-state index in [1.165, 1.54) is 24.9 Å². The van der Waals surface area contributed by atoms with Crippen LogP contribution in [0.15, 0.2) is 18.2 Å². The predicted octanol–water partition coefficient (Wildman–Crippen LogP) is 2.22. The van der Waals surface area contributed by atoms with Gasteiger partial charge in [-0.3, -0.25) is 0 Å². The van der Waals surface area contributed by atoms with E-state index in [0.717, 1.165) is 18.0 Å². The van der Waals surface area contributed by atoms with Crippen LogP contribution in [0, 0.1) is 0 Å². The third kappa shape index (κ3) is 1.76. The van der Waals surface area contributed by atoms with Gasteiger partial charge in [0.2, 0.25) is 6.79 Å². The average Bonchev–Trinajstić information content (AvgIpc) is 2.75. The number of hydrogen-bond acceptors (Lipinski definition) is 3. The van der Waals surface area contributed by atoms with Crippen LogP contribution in [0.25, 0.3) is 0 Å². The van der Waals surface area contributed by atoms with Crippen molar-refractivity contribution in [1.82, 2.24) is 4.90 Å². The average molecular weight is 219 g/mol. The van der Waals surface area contributed by atoms with Crippen LogP contribution < -0.4 is 9.47 Å². The summed E-state index contributed by atoms with van der Waals surface area (Å²) in [6, 6.07) is 6.36. The van der Waals surface area contributed by atoms with Crippen LogP contribution in [-0.2, 0) is 0 Å². The summed E-state index contributed by atoms with van der Waals surface area (Å²) in [6.07, 6.45) is 2.57. The smallest absolute Gasteiger partial charge is 0.231 e. The highest BCUT2D eigenvalue weighted by atomic mass is 16.7. The Kier molecular flexibility index (Phi) is 2.48. The Bertz CT molecular complexity index is 392. The Morgan fingerprint density at radius 3 is 3.00 bits per heavy atom. The van der Waals surface area contributed by atoms with Crippen LogP contribution in [-0.4, -0.2) is 31.8 Å². The van der Waals surface area contributed by atoms with Crippen molar-refractivity contribution in [2.24, 2.45) is 0 Å². The second-order valence-corrected chi connectivity index (χ2v) is 4.71. The molecule has 1 atom stereocenters. The maximum absolute atomic E-state index is 5.42. The zero-order valence-corrected chi connectivity index (χ0v) is 9.61. The van der Waals surface area contributed by atoms with Crippen molar-refractivity contribution in [2.45, 2.75) is 18.8 Å². The molecular formula is C13H17NO2. The lowest BCUT2D eigenvalue weighted by Gasteiger charge is -2.30. The number of ether oxygens (including phenoxy) is 2. The number of fused-ring (bicyclic) bond motifs is 1. The van der Waals surface area contributed by atoms with Crippen molar-refractivity contribution < 1.29 is 9.47 Å². The minimum absolute atomic E-state index is 0.364. The summed E-state index contributed by atoms with van der Waals surface area (Å²) in [5.74, 6) is 2.44. The molecule has 2 aliphatic heterocycles. The highest BCUT2D eigenvalue weighted by molar-refractivity contribution is 5.45. The first-order chi connectivity index (χ1) is 7.83. The van der Waals surface area contributed by atoms with E-state index in [1.54, 1.807) is 0 Å². The molecule has 0 amide bonds. The Hall–Kier alpha value is -1.22. The maximum Gasteiger partial charge on any atom is 0.231 e. The molecule has 1 aromatic carbocycles. The summed E-state index contributed by atoms with van der Waals surface area (Å²) in [4.78, 5) is 2.40. The molecule has 3 rings (SSSR count). The fraction of sp³-hybridized carbons (Fsp3) is 0.538. The minimum Gasteiger partial charge on any atom is -0.454 e. The van der Waals surface area contributed by atoms with Gasteiger partial charge in [0.05, 0.1) is 0 Å². The summed E-state index contributed by atoms with van der Waals surface area (Å²) >= 11 is 0. The van der Waals surface area contributed by atoms with Crippen LogP contribution in [0.1, 0.15) is 24.3 Å². The number of nitrogens with zero attached hydrogens (tertiary/aromatic N) is 1. The van der Waals surface area contributed by atoms with Crippen LogP contribution >= 0.6 is 0 Å². The third-order valence-corrected chi connectivity index (χ3v) is 3.49. The van der Waals surface area contributed by atoms with Crippen LogP contribution in [0.3, 0.4) is 0 Å². The molecule has 0 bridgehead atoms. The van der Waals surface area contributed by atoms with Crippen molar-refractivity contribution in [3.63, 3.8) is 0 Å². The lowest BCUT2D eigenvalue weighted by molar-refractivity contribution is 0.174. The molecule has 1 fully saturated rings. The summed E-state index contributed by atoms with van der Waals surface area (Å²) in [5, 5.41) is 0. The zero-order valence-electron chi connectivity index (χ0n) is 9.61. The van der Waals surface area contributed by atoms with Gasteiger partial charge in [-0.15, -0.1) is 0 Å². The molecule has 1 unspecified atom stereocenters. The monoisotopic (exact) mass is 219 g/mol. The van der Waals surface area contributed by atoms with Gasteiger partial charge in [-0.1, -0.05) is 6.07 Å². The first-order valence-corrected chi connectivity index (χ1v) is 5.91. The molecule has 86 valence electrons. The third-order valence-electron chi connectivity index (χ3n) is 3.49. The zero-order chi connectivity index (χ0) is 11.0. The fourth-order valence-electron chi connectivity index (χ4n) is 2.61. The lowest BCUT2D eigenvalue weighted by atomic mass is 9.91. The molecule has 2 aliphatic rings. The topological polar surface area (TPSA) is 21.7 Å². The van der Waals surface area contributed by atoms with Crippen LogP contribution in [0.2, 0.25) is 0 Å². The van der Waals surface area contributed by atoms with Gasteiger partial charge in [0.15, 0.2) is 11.5 Å². The minimum atomic E-state index is 0.364. The Labute approximate surface area is 96.0 Å². The number of hydrogen-bond donors (Lipinski definition) is 0. The normalized spacial score (nSPS) is 24.7. The summed E-state index contributed by atoms with van der Waals surface area (Å²) in [7, 11) is 2.19. The van der Waals surface area contributed by atoms with Gasteiger partial charge in [0, 0.05) is 6.54 Å². The Morgan fingerprint density at radius 2 is 2.12 bits per heavy atom. The van der Waals surface area contributed by atoms with E-state index in [0.29, 0.717) is 12.7 Å². The standard InChI is InChI=1S/C13H17NO2/c1-14-6-2-3-11(8-14)10-4-5-12-13(7-10)16-9-15-12/h4-5,7,11H,2-3,6,8-9H2,1H3. The number of likely N-dealkylation sites (N-methyl/N-ethyl adjacent to an activating group) is 1. The number of benzene rings is 1. The van der Waals surface area contributed by atoms with Crippen molar-refractivity contribution in [2.75, 3.05) is 26.9 Å². The van der Waals surface area contributed by atoms with Crippen molar-refractivity contribution in [3.8, 4) is 11.5 Å². The van der Waals surface area contributed by atoms with Gasteiger partial charge in [0.1, 0.15) is 0 Å². The van der Waals surface area contributed by atoms with Crippen LogP contribution in [0.5, 0.6) is 11.5 Å². The van der Waals surface area contributed by atoms with Gasteiger partial charge < -0.3 is 14.4 Å². The largest absolute Gasteiger partial charge is 0.454 e.